The first-order valence-electron chi connectivity index (χ1n) is 32.4. The van der Waals surface area contributed by atoms with Crippen LogP contribution in [0.5, 0.6) is 0 Å². The van der Waals surface area contributed by atoms with E-state index in [1.165, 1.54) is 212 Å². The maximum absolute atomic E-state index is 13.3. The first-order valence-corrected chi connectivity index (χ1v) is 32.4. The summed E-state index contributed by atoms with van der Waals surface area (Å²) in [6, 6.07) is -0.827. The summed E-state index contributed by atoms with van der Waals surface area (Å²) in [5.41, 5.74) is 0. The van der Waals surface area contributed by atoms with Gasteiger partial charge in [0.05, 0.1) is 32.0 Å². The van der Waals surface area contributed by atoms with E-state index in [1.54, 1.807) is 0 Å². The molecular formula is C63H121NO13. The molecule has 2 heterocycles. The maximum atomic E-state index is 13.3. The highest BCUT2D eigenvalue weighted by atomic mass is 16.7. The third kappa shape index (κ3) is 34.7. The highest BCUT2D eigenvalue weighted by molar-refractivity contribution is 5.76. The van der Waals surface area contributed by atoms with Crippen molar-refractivity contribution in [1.82, 2.24) is 5.32 Å². The lowest BCUT2D eigenvalue weighted by Crippen LogP contribution is -2.65. The molecule has 0 aromatic carbocycles. The molecule has 2 rings (SSSR count). The molecule has 0 aromatic heterocycles. The van der Waals surface area contributed by atoms with Crippen LogP contribution in [0.25, 0.3) is 0 Å². The molecule has 0 spiro atoms. The van der Waals surface area contributed by atoms with Crippen molar-refractivity contribution in [3.63, 3.8) is 0 Å². The van der Waals surface area contributed by atoms with Crippen molar-refractivity contribution in [1.29, 1.82) is 0 Å². The zero-order valence-corrected chi connectivity index (χ0v) is 49.2. The summed E-state index contributed by atoms with van der Waals surface area (Å²) in [7, 11) is 0. The van der Waals surface area contributed by atoms with Gasteiger partial charge in [0, 0.05) is 6.42 Å². The Balaban J connectivity index is 1.71. The number of unbranched alkanes of at least 4 members (excludes halogenated alkanes) is 38. The Morgan fingerprint density at radius 1 is 0.455 bits per heavy atom. The molecule has 14 heteroatoms. The smallest absolute Gasteiger partial charge is 0.220 e. The number of amides is 1. The number of nitrogens with one attached hydrogen (secondary N) is 1. The molecule has 0 radical (unpaired) electrons. The fourth-order valence-corrected chi connectivity index (χ4v) is 11.0. The predicted octanol–water partition coefficient (Wildman–Crippen LogP) is 11.8. The topological polar surface area (TPSA) is 228 Å². The number of rotatable bonds is 53. The average Bonchev–Trinajstić information content (AvgIpc) is 3.44. The van der Waals surface area contributed by atoms with Crippen molar-refractivity contribution < 1.29 is 64.6 Å². The normalized spacial score (nSPS) is 24.7. The van der Waals surface area contributed by atoms with Crippen molar-refractivity contribution >= 4 is 5.91 Å². The minimum atomic E-state index is -1.78. The number of ether oxygens (including phenoxy) is 4. The van der Waals surface area contributed by atoms with Crippen LogP contribution in [0.2, 0.25) is 0 Å². The van der Waals surface area contributed by atoms with Gasteiger partial charge in [0.15, 0.2) is 12.6 Å². The van der Waals surface area contributed by atoms with E-state index in [9.17, 15) is 45.6 Å². The van der Waals surface area contributed by atoms with Gasteiger partial charge in [-0.15, -0.1) is 0 Å². The lowest BCUT2D eigenvalue weighted by Gasteiger charge is -2.46. The third-order valence-corrected chi connectivity index (χ3v) is 16.2. The number of carbonyl (C=O) groups is 1. The summed E-state index contributed by atoms with van der Waals surface area (Å²) in [6.45, 7) is 2.90. The quantitative estimate of drug-likeness (QED) is 0.0204. The second kappa shape index (κ2) is 49.3. The van der Waals surface area contributed by atoms with Crippen LogP contribution in [0, 0.1) is 0 Å². The van der Waals surface area contributed by atoms with Gasteiger partial charge in [0.1, 0.15) is 48.8 Å². The molecule has 14 nitrogen and oxygen atoms in total. The van der Waals surface area contributed by atoms with Gasteiger partial charge in [-0.2, -0.15) is 0 Å². The number of carbonyl (C=O) groups excluding carboxylic acids is 1. The highest BCUT2D eigenvalue weighted by Crippen LogP contribution is 2.30. The SMILES string of the molecule is CCCCCCCC/C=C\CCCCCCCCCCCC(=O)NC(COC1OC(CO)C(OC2OC(CO)C(O)C(O)C2O)C(O)C1O)C(O)CCCCCCCCCCCCCCCCCCCCCCCCCC. The number of hydrogen-bond acceptors (Lipinski definition) is 13. The Labute approximate surface area is 469 Å². The molecule has 2 aliphatic heterocycles. The highest BCUT2D eigenvalue weighted by Gasteiger charge is 2.51. The van der Waals surface area contributed by atoms with Crippen molar-refractivity contribution in [2.75, 3.05) is 19.8 Å². The minimum absolute atomic E-state index is 0.204. The fourth-order valence-electron chi connectivity index (χ4n) is 11.0. The molecule has 0 aliphatic carbocycles. The van der Waals surface area contributed by atoms with Crippen LogP contribution in [-0.2, 0) is 23.7 Å². The van der Waals surface area contributed by atoms with Crippen molar-refractivity contribution in [2.45, 2.75) is 364 Å². The van der Waals surface area contributed by atoms with E-state index >= 15 is 0 Å². The standard InChI is InChI=1S/C63H121NO13/c1-3-5-7-9-11-13-15-17-19-21-23-24-25-26-27-29-30-32-34-36-38-40-42-44-46-52(67)51(64-55(68)47-45-43-41-39-37-35-33-31-28-22-20-18-16-14-12-10-8-6-4-2)50-74-62-60(73)58(71)61(54(49-66)76-62)77-63-59(72)57(70)56(69)53(48-65)75-63/h18,20,51-54,56-63,65-67,69-73H,3-17,19,21-50H2,1-2H3,(H,64,68)/b20-18-. The summed E-state index contributed by atoms with van der Waals surface area (Å²) < 4.78 is 22.9. The second-order valence-corrected chi connectivity index (χ2v) is 23.2. The summed E-state index contributed by atoms with van der Waals surface area (Å²) in [5, 5.41) is 87.4. The molecule has 12 unspecified atom stereocenters. The van der Waals surface area contributed by atoms with Gasteiger partial charge in [-0.25, -0.2) is 0 Å². The largest absolute Gasteiger partial charge is 0.394 e. The van der Waals surface area contributed by atoms with E-state index in [-0.39, 0.29) is 12.5 Å². The van der Waals surface area contributed by atoms with E-state index < -0.39 is 86.8 Å². The van der Waals surface area contributed by atoms with Crippen LogP contribution in [-0.4, -0.2) is 140 Å². The van der Waals surface area contributed by atoms with E-state index in [0.717, 1.165) is 51.4 Å². The van der Waals surface area contributed by atoms with Crippen LogP contribution >= 0.6 is 0 Å². The monoisotopic (exact) mass is 1100 g/mol. The lowest BCUT2D eigenvalue weighted by atomic mass is 9.97. The van der Waals surface area contributed by atoms with Crippen molar-refractivity contribution in [3.8, 4) is 0 Å². The Bertz CT molecular complexity index is 1340. The molecule has 0 saturated carbocycles. The first kappa shape index (κ1) is 71.8. The average molecular weight is 1100 g/mol. The molecule has 12 atom stereocenters. The Morgan fingerprint density at radius 3 is 1.23 bits per heavy atom. The summed E-state index contributed by atoms with van der Waals surface area (Å²) in [6.07, 6.45) is 40.7. The lowest BCUT2D eigenvalue weighted by molar-refractivity contribution is -0.359. The Morgan fingerprint density at radius 2 is 0.818 bits per heavy atom. The zero-order valence-electron chi connectivity index (χ0n) is 49.2. The molecule has 2 aliphatic rings. The molecule has 2 saturated heterocycles. The van der Waals surface area contributed by atoms with Gasteiger partial charge in [0.25, 0.3) is 0 Å². The number of allylic oxidation sites excluding steroid dienone is 2. The van der Waals surface area contributed by atoms with E-state index in [2.05, 4.69) is 31.3 Å². The van der Waals surface area contributed by atoms with Gasteiger partial charge in [-0.3, -0.25) is 4.79 Å². The third-order valence-electron chi connectivity index (χ3n) is 16.2. The molecule has 77 heavy (non-hydrogen) atoms. The first-order chi connectivity index (χ1) is 37.6. The second-order valence-electron chi connectivity index (χ2n) is 23.2. The summed E-state index contributed by atoms with van der Waals surface area (Å²) in [5.74, 6) is -0.204. The molecule has 456 valence electrons. The van der Waals surface area contributed by atoms with Crippen molar-refractivity contribution in [3.05, 3.63) is 12.2 Å². The van der Waals surface area contributed by atoms with Crippen LogP contribution in [0.3, 0.4) is 0 Å². The van der Waals surface area contributed by atoms with Gasteiger partial charge in [0.2, 0.25) is 5.91 Å². The number of aliphatic hydroxyl groups excluding tert-OH is 8. The van der Waals surface area contributed by atoms with Gasteiger partial charge >= 0.3 is 0 Å². The van der Waals surface area contributed by atoms with E-state index in [1.807, 2.05) is 0 Å². The maximum Gasteiger partial charge on any atom is 0.220 e. The number of aliphatic hydroxyl groups is 8. The van der Waals surface area contributed by atoms with Gasteiger partial charge in [-0.1, -0.05) is 257 Å². The van der Waals surface area contributed by atoms with Crippen molar-refractivity contribution in [2.24, 2.45) is 0 Å². The van der Waals surface area contributed by atoms with Crippen LogP contribution in [0.4, 0.5) is 0 Å². The predicted molar refractivity (Wildman–Crippen MR) is 309 cm³/mol. The molecule has 0 bridgehead atoms. The summed E-state index contributed by atoms with van der Waals surface area (Å²) >= 11 is 0. The molecular weight excluding hydrogens is 979 g/mol. The summed E-state index contributed by atoms with van der Waals surface area (Å²) in [4.78, 5) is 13.3. The zero-order chi connectivity index (χ0) is 56.0. The van der Waals surface area contributed by atoms with E-state index in [4.69, 9.17) is 18.9 Å². The Kier molecular flexibility index (Phi) is 46.0. The van der Waals surface area contributed by atoms with Gasteiger partial charge < -0.3 is 65.1 Å². The molecule has 1 amide bonds. The van der Waals surface area contributed by atoms with Crippen LogP contribution in [0.1, 0.15) is 290 Å². The molecule has 9 N–H and O–H groups in total. The van der Waals surface area contributed by atoms with E-state index in [0.29, 0.717) is 12.8 Å². The Hall–Kier alpha value is -1.27. The fraction of sp³-hybridized carbons (Fsp3) is 0.952. The number of hydrogen-bond donors (Lipinski definition) is 9. The van der Waals surface area contributed by atoms with Gasteiger partial charge in [-0.05, 0) is 38.5 Å². The molecule has 0 aromatic rings. The molecule has 2 fully saturated rings. The van der Waals surface area contributed by atoms with Crippen LogP contribution < -0.4 is 5.32 Å². The minimum Gasteiger partial charge on any atom is -0.394 e. The van der Waals surface area contributed by atoms with Crippen LogP contribution in [0.15, 0.2) is 12.2 Å².